The highest BCUT2D eigenvalue weighted by Crippen LogP contribution is 2.24. The summed E-state index contributed by atoms with van der Waals surface area (Å²) in [7, 11) is -3.54. The minimum Gasteiger partial charge on any atom is -0.382 e. The zero-order valence-corrected chi connectivity index (χ0v) is 16.9. The molecule has 1 N–H and O–H groups in total. The standard InChI is InChI=1S/C21H25FN2O3S/c1-15(2)28(26,27)20-6-4-3-5-19(20)21(25)24-13-11-18(12-14-24)23-17-9-7-16(22)8-10-17/h3-10,15,18,23H,11-14H2,1-2H3. The zero-order chi connectivity index (χ0) is 20.3. The third-order valence-corrected chi connectivity index (χ3v) is 7.25. The fourth-order valence-electron chi connectivity index (χ4n) is 3.32. The Morgan fingerprint density at radius 2 is 1.68 bits per heavy atom. The SMILES string of the molecule is CC(C)S(=O)(=O)c1ccccc1C(=O)N1CCC(Nc2ccc(F)cc2)CC1. The van der Waals surface area contributed by atoms with Gasteiger partial charge in [-0.3, -0.25) is 4.79 Å². The van der Waals surface area contributed by atoms with Crippen molar-refractivity contribution in [2.75, 3.05) is 18.4 Å². The summed E-state index contributed by atoms with van der Waals surface area (Å²) < 4.78 is 38.2. The number of carbonyl (C=O) groups excluding carboxylic acids is 1. The molecule has 2 aromatic rings. The van der Waals surface area contributed by atoms with Crippen molar-refractivity contribution >= 4 is 21.4 Å². The Labute approximate surface area is 165 Å². The third kappa shape index (κ3) is 4.35. The predicted octanol–water partition coefficient (Wildman–Crippen LogP) is 3.72. The molecule has 1 heterocycles. The Kier molecular flexibility index (Phi) is 6.03. The maximum absolute atomic E-state index is 13.0. The van der Waals surface area contributed by atoms with Crippen LogP contribution in [-0.2, 0) is 9.84 Å². The molecule has 0 saturated carbocycles. The van der Waals surface area contributed by atoms with Gasteiger partial charge in [-0.05, 0) is 63.1 Å². The third-order valence-electron chi connectivity index (χ3n) is 5.04. The molecule has 28 heavy (non-hydrogen) atoms. The van der Waals surface area contributed by atoms with Crippen LogP contribution in [0.4, 0.5) is 10.1 Å². The van der Waals surface area contributed by atoms with Gasteiger partial charge in [0, 0.05) is 24.8 Å². The smallest absolute Gasteiger partial charge is 0.255 e. The van der Waals surface area contributed by atoms with Crippen LogP contribution in [0, 0.1) is 5.82 Å². The summed E-state index contributed by atoms with van der Waals surface area (Å²) in [6.45, 7) is 4.30. The van der Waals surface area contributed by atoms with Crippen molar-refractivity contribution in [1.29, 1.82) is 0 Å². The molecule has 0 aromatic heterocycles. The average Bonchev–Trinajstić information content (AvgIpc) is 2.69. The van der Waals surface area contributed by atoms with Crippen LogP contribution in [0.3, 0.4) is 0 Å². The molecule has 0 unspecified atom stereocenters. The lowest BCUT2D eigenvalue weighted by Crippen LogP contribution is -2.42. The maximum Gasteiger partial charge on any atom is 0.255 e. The molecule has 1 aliphatic rings. The van der Waals surface area contributed by atoms with Gasteiger partial charge in [0.1, 0.15) is 5.82 Å². The van der Waals surface area contributed by atoms with Gasteiger partial charge in [-0.25, -0.2) is 12.8 Å². The summed E-state index contributed by atoms with van der Waals surface area (Å²) in [6, 6.07) is 12.8. The van der Waals surface area contributed by atoms with Crippen LogP contribution in [0.25, 0.3) is 0 Å². The molecule has 1 amide bonds. The second-order valence-corrected chi connectivity index (χ2v) is 9.78. The second-order valence-electron chi connectivity index (χ2n) is 7.31. The number of likely N-dealkylation sites (tertiary alicyclic amines) is 1. The molecule has 1 fully saturated rings. The molecule has 2 aromatic carbocycles. The van der Waals surface area contributed by atoms with Gasteiger partial charge in [-0.15, -0.1) is 0 Å². The molecule has 0 radical (unpaired) electrons. The van der Waals surface area contributed by atoms with E-state index in [4.69, 9.17) is 0 Å². The Balaban J connectivity index is 1.68. The lowest BCUT2D eigenvalue weighted by atomic mass is 10.0. The first-order valence-electron chi connectivity index (χ1n) is 9.43. The number of halogens is 1. The Morgan fingerprint density at radius 1 is 1.07 bits per heavy atom. The number of nitrogens with zero attached hydrogens (tertiary/aromatic N) is 1. The van der Waals surface area contributed by atoms with Crippen LogP contribution >= 0.6 is 0 Å². The van der Waals surface area contributed by atoms with Crippen LogP contribution in [0.2, 0.25) is 0 Å². The van der Waals surface area contributed by atoms with Gasteiger partial charge in [-0.2, -0.15) is 0 Å². The summed E-state index contributed by atoms with van der Waals surface area (Å²) in [5, 5.41) is 2.77. The lowest BCUT2D eigenvalue weighted by Gasteiger charge is -2.33. The van der Waals surface area contributed by atoms with Crippen molar-refractivity contribution in [3.05, 3.63) is 59.9 Å². The highest BCUT2D eigenvalue weighted by Gasteiger charge is 2.29. The first kappa shape index (κ1) is 20.3. The van der Waals surface area contributed by atoms with E-state index in [-0.39, 0.29) is 28.2 Å². The quantitative estimate of drug-likeness (QED) is 0.825. The molecule has 3 rings (SSSR count). The Hall–Kier alpha value is -2.41. The molecule has 0 atom stereocenters. The molecule has 0 bridgehead atoms. The van der Waals surface area contributed by atoms with Crippen LogP contribution in [-0.4, -0.2) is 43.6 Å². The Morgan fingerprint density at radius 3 is 2.29 bits per heavy atom. The highest BCUT2D eigenvalue weighted by atomic mass is 32.2. The number of anilines is 1. The van der Waals surface area contributed by atoms with Gasteiger partial charge < -0.3 is 10.2 Å². The van der Waals surface area contributed by atoms with Crippen molar-refractivity contribution < 1.29 is 17.6 Å². The molecule has 1 aliphatic heterocycles. The number of carbonyl (C=O) groups is 1. The van der Waals surface area contributed by atoms with Gasteiger partial charge in [0.25, 0.3) is 5.91 Å². The number of hydrogen-bond acceptors (Lipinski definition) is 4. The van der Waals surface area contributed by atoms with Gasteiger partial charge in [0.2, 0.25) is 0 Å². The van der Waals surface area contributed by atoms with Crippen LogP contribution in [0.5, 0.6) is 0 Å². The largest absolute Gasteiger partial charge is 0.382 e. The zero-order valence-electron chi connectivity index (χ0n) is 16.1. The minimum atomic E-state index is -3.54. The van der Waals surface area contributed by atoms with Gasteiger partial charge in [0.05, 0.1) is 15.7 Å². The van der Waals surface area contributed by atoms with E-state index in [1.165, 1.54) is 18.2 Å². The van der Waals surface area contributed by atoms with E-state index in [1.807, 2.05) is 0 Å². The van der Waals surface area contributed by atoms with E-state index in [0.29, 0.717) is 13.1 Å². The second kappa shape index (κ2) is 8.31. The van der Waals surface area contributed by atoms with Gasteiger partial charge in [-0.1, -0.05) is 12.1 Å². The topological polar surface area (TPSA) is 66.5 Å². The predicted molar refractivity (Wildman–Crippen MR) is 108 cm³/mol. The summed E-state index contributed by atoms with van der Waals surface area (Å²) in [6.07, 6.45) is 1.48. The average molecular weight is 405 g/mol. The lowest BCUT2D eigenvalue weighted by molar-refractivity contribution is 0.0714. The van der Waals surface area contributed by atoms with E-state index in [1.54, 1.807) is 49.1 Å². The Bertz CT molecular complexity index is 934. The molecule has 5 nitrogen and oxygen atoms in total. The van der Waals surface area contributed by atoms with E-state index in [0.717, 1.165) is 18.5 Å². The molecule has 1 saturated heterocycles. The van der Waals surface area contributed by atoms with Crippen molar-refractivity contribution in [2.45, 2.75) is 42.9 Å². The number of sulfone groups is 1. The molecule has 0 aliphatic carbocycles. The fraction of sp³-hybridized carbons (Fsp3) is 0.381. The first-order chi connectivity index (χ1) is 13.3. The minimum absolute atomic E-state index is 0.0987. The maximum atomic E-state index is 13.0. The fourth-order valence-corrected chi connectivity index (χ4v) is 4.56. The van der Waals surface area contributed by atoms with Crippen LogP contribution in [0.15, 0.2) is 53.4 Å². The van der Waals surface area contributed by atoms with Crippen molar-refractivity contribution in [3.63, 3.8) is 0 Å². The monoisotopic (exact) mass is 404 g/mol. The first-order valence-corrected chi connectivity index (χ1v) is 11.0. The van der Waals surface area contributed by atoms with Gasteiger partial charge >= 0.3 is 0 Å². The van der Waals surface area contributed by atoms with E-state index >= 15 is 0 Å². The normalized spacial score (nSPS) is 15.6. The number of amides is 1. The van der Waals surface area contributed by atoms with Gasteiger partial charge in [0.15, 0.2) is 9.84 Å². The molecular formula is C21H25FN2O3S. The van der Waals surface area contributed by atoms with Crippen molar-refractivity contribution in [1.82, 2.24) is 4.90 Å². The van der Waals surface area contributed by atoms with Crippen LogP contribution < -0.4 is 5.32 Å². The summed E-state index contributed by atoms with van der Waals surface area (Å²) in [5.74, 6) is -0.527. The van der Waals surface area contributed by atoms with E-state index in [9.17, 15) is 17.6 Å². The van der Waals surface area contributed by atoms with E-state index < -0.39 is 15.1 Å². The number of rotatable bonds is 5. The highest BCUT2D eigenvalue weighted by molar-refractivity contribution is 7.92. The molecular weight excluding hydrogens is 379 g/mol. The number of hydrogen-bond donors (Lipinski definition) is 1. The summed E-state index contributed by atoms with van der Waals surface area (Å²) >= 11 is 0. The number of piperidine rings is 1. The molecule has 0 spiro atoms. The number of nitrogens with one attached hydrogen (secondary N) is 1. The molecule has 7 heteroatoms. The van der Waals surface area contributed by atoms with Crippen molar-refractivity contribution in [2.24, 2.45) is 0 Å². The summed E-state index contributed by atoms with van der Waals surface area (Å²) in [5.41, 5.74) is 1.08. The van der Waals surface area contributed by atoms with E-state index in [2.05, 4.69) is 5.32 Å². The van der Waals surface area contributed by atoms with Crippen LogP contribution in [0.1, 0.15) is 37.0 Å². The van der Waals surface area contributed by atoms with Crippen molar-refractivity contribution in [3.8, 4) is 0 Å². The summed E-state index contributed by atoms with van der Waals surface area (Å²) in [4.78, 5) is 14.8. The molecule has 150 valence electrons. The number of benzene rings is 2.